The average Bonchev–Trinajstić information content (AvgIpc) is 2.15. The zero-order valence-corrected chi connectivity index (χ0v) is 8.97. The summed E-state index contributed by atoms with van der Waals surface area (Å²) in [5.41, 5.74) is 3.87. The Balaban J connectivity index is 3.14. The lowest BCUT2D eigenvalue weighted by molar-refractivity contribution is -0.137. The molecule has 1 aromatic carbocycles. The first-order valence-corrected chi connectivity index (χ1v) is 4.74. The second kappa shape index (κ2) is 4.94. The van der Waals surface area contributed by atoms with Gasteiger partial charge in [0.05, 0.1) is 12.2 Å². The summed E-state index contributed by atoms with van der Waals surface area (Å²) < 4.78 is 42.6. The highest BCUT2D eigenvalue weighted by Gasteiger charge is 2.31. The van der Waals surface area contributed by atoms with Gasteiger partial charge in [-0.05, 0) is 19.1 Å². The van der Waals surface area contributed by atoms with E-state index in [-0.39, 0.29) is 18.0 Å². The Morgan fingerprint density at radius 2 is 2.06 bits per heavy atom. The van der Waals surface area contributed by atoms with Crippen LogP contribution < -0.4 is 15.8 Å². The molecule has 0 aliphatic carbocycles. The lowest BCUT2D eigenvalue weighted by Gasteiger charge is -2.12. The number of urea groups is 1. The molecule has 1 rings (SSSR count). The summed E-state index contributed by atoms with van der Waals surface area (Å²) >= 11 is 0. The third-order valence-corrected chi connectivity index (χ3v) is 1.81. The van der Waals surface area contributed by atoms with Crippen molar-refractivity contribution in [2.45, 2.75) is 13.1 Å². The van der Waals surface area contributed by atoms with Crippen molar-refractivity contribution in [2.75, 3.05) is 11.9 Å². The van der Waals surface area contributed by atoms with E-state index in [1.54, 1.807) is 6.92 Å². The Kier molecular flexibility index (Phi) is 3.82. The molecule has 1 aromatic rings. The van der Waals surface area contributed by atoms with Crippen molar-refractivity contribution in [3.63, 3.8) is 0 Å². The molecule has 0 heterocycles. The largest absolute Gasteiger partial charge is 0.494 e. The summed E-state index contributed by atoms with van der Waals surface area (Å²) in [6.07, 6.45) is -4.51. The van der Waals surface area contributed by atoms with Crippen LogP contribution in [0.25, 0.3) is 0 Å². The number of rotatable bonds is 3. The molecule has 3 N–H and O–H groups in total. The predicted molar refractivity (Wildman–Crippen MR) is 55.8 cm³/mol. The maximum Gasteiger partial charge on any atom is 0.416 e. The van der Waals surface area contributed by atoms with Crippen molar-refractivity contribution < 1.29 is 22.7 Å². The summed E-state index contributed by atoms with van der Waals surface area (Å²) in [6, 6.07) is 1.97. The highest BCUT2D eigenvalue weighted by molar-refractivity contribution is 5.88. The van der Waals surface area contributed by atoms with Crippen LogP contribution in [0.4, 0.5) is 23.7 Å². The number of carbonyl (C=O) groups excluding carboxylic acids is 1. The van der Waals surface area contributed by atoms with Crippen molar-refractivity contribution >= 4 is 11.7 Å². The molecule has 0 radical (unpaired) electrons. The number of benzene rings is 1. The Hall–Kier alpha value is -1.92. The van der Waals surface area contributed by atoms with Gasteiger partial charge < -0.3 is 15.8 Å². The van der Waals surface area contributed by atoms with Crippen LogP contribution in [0, 0.1) is 0 Å². The number of halogens is 3. The summed E-state index contributed by atoms with van der Waals surface area (Å²) in [4.78, 5) is 10.6. The van der Waals surface area contributed by atoms with Gasteiger partial charge in [0.1, 0.15) is 5.75 Å². The van der Waals surface area contributed by atoms with Gasteiger partial charge in [-0.15, -0.1) is 0 Å². The smallest absolute Gasteiger partial charge is 0.416 e. The van der Waals surface area contributed by atoms with Crippen LogP contribution in [0.5, 0.6) is 5.75 Å². The van der Waals surface area contributed by atoms with E-state index in [0.717, 1.165) is 12.1 Å². The van der Waals surface area contributed by atoms with Crippen LogP contribution in [0.1, 0.15) is 12.5 Å². The maximum atomic E-state index is 12.5. The van der Waals surface area contributed by atoms with E-state index in [1.807, 2.05) is 0 Å². The molecule has 0 unspecified atom stereocenters. The molecule has 94 valence electrons. The fourth-order valence-electron chi connectivity index (χ4n) is 1.23. The number of carbonyl (C=O) groups is 1. The zero-order chi connectivity index (χ0) is 13.1. The summed E-state index contributed by atoms with van der Waals surface area (Å²) in [7, 11) is 0. The standard InChI is InChI=1S/C10H11F3N2O2/c1-2-17-8-4-6(10(11,12)13)3-7(5-8)15-9(14)16/h3-5H,2H2,1H3,(H3,14,15,16). The number of ether oxygens (including phenoxy) is 1. The highest BCUT2D eigenvalue weighted by atomic mass is 19.4. The molecular weight excluding hydrogens is 237 g/mol. The molecule has 0 saturated heterocycles. The third kappa shape index (κ3) is 3.86. The molecule has 0 aliphatic rings. The zero-order valence-electron chi connectivity index (χ0n) is 8.97. The van der Waals surface area contributed by atoms with Crippen LogP contribution >= 0.6 is 0 Å². The molecule has 0 saturated carbocycles. The topological polar surface area (TPSA) is 64.3 Å². The molecule has 7 heteroatoms. The summed E-state index contributed by atoms with van der Waals surface area (Å²) in [5, 5.41) is 2.07. The van der Waals surface area contributed by atoms with Gasteiger partial charge in [-0.1, -0.05) is 0 Å². The van der Waals surface area contributed by atoms with E-state index >= 15 is 0 Å². The fourth-order valence-corrected chi connectivity index (χ4v) is 1.23. The van der Waals surface area contributed by atoms with Gasteiger partial charge in [0, 0.05) is 11.8 Å². The third-order valence-electron chi connectivity index (χ3n) is 1.81. The van der Waals surface area contributed by atoms with Gasteiger partial charge in [-0.25, -0.2) is 4.79 Å². The van der Waals surface area contributed by atoms with Crippen molar-refractivity contribution in [1.29, 1.82) is 0 Å². The Labute approximate surface area is 95.6 Å². The van der Waals surface area contributed by atoms with Crippen LogP contribution in [0.2, 0.25) is 0 Å². The second-order valence-corrected chi connectivity index (χ2v) is 3.17. The molecular formula is C10H11F3N2O2. The lowest BCUT2D eigenvalue weighted by atomic mass is 10.2. The number of hydrogen-bond donors (Lipinski definition) is 2. The number of alkyl halides is 3. The van der Waals surface area contributed by atoms with E-state index < -0.39 is 17.8 Å². The van der Waals surface area contributed by atoms with Gasteiger partial charge in [-0.3, -0.25) is 0 Å². The van der Waals surface area contributed by atoms with Gasteiger partial charge in [0.2, 0.25) is 0 Å². The van der Waals surface area contributed by atoms with E-state index in [9.17, 15) is 18.0 Å². The Morgan fingerprint density at radius 3 is 2.53 bits per heavy atom. The van der Waals surface area contributed by atoms with E-state index in [4.69, 9.17) is 10.5 Å². The lowest BCUT2D eigenvalue weighted by Crippen LogP contribution is -2.19. The first kappa shape index (κ1) is 13.1. The number of hydrogen-bond acceptors (Lipinski definition) is 2. The van der Waals surface area contributed by atoms with Crippen LogP contribution in [0.3, 0.4) is 0 Å². The van der Waals surface area contributed by atoms with Crippen molar-refractivity contribution in [2.24, 2.45) is 5.73 Å². The van der Waals surface area contributed by atoms with Gasteiger partial charge in [0.25, 0.3) is 0 Å². The molecule has 0 bridgehead atoms. The van der Waals surface area contributed by atoms with Gasteiger partial charge in [0.15, 0.2) is 0 Å². The SMILES string of the molecule is CCOc1cc(NC(N)=O)cc(C(F)(F)F)c1. The molecule has 0 spiro atoms. The number of anilines is 1. The normalized spacial score (nSPS) is 11.1. The molecule has 17 heavy (non-hydrogen) atoms. The summed E-state index contributed by atoms with van der Waals surface area (Å²) in [6.45, 7) is 1.86. The highest BCUT2D eigenvalue weighted by Crippen LogP contribution is 2.34. The fraction of sp³-hybridized carbons (Fsp3) is 0.300. The number of nitrogens with two attached hydrogens (primary N) is 1. The van der Waals surface area contributed by atoms with E-state index in [1.165, 1.54) is 6.07 Å². The van der Waals surface area contributed by atoms with Crippen molar-refractivity contribution in [3.8, 4) is 5.75 Å². The minimum Gasteiger partial charge on any atom is -0.494 e. The number of primary amides is 1. The number of amides is 2. The maximum absolute atomic E-state index is 12.5. The van der Waals surface area contributed by atoms with Crippen LogP contribution in [0.15, 0.2) is 18.2 Å². The predicted octanol–water partition coefficient (Wildman–Crippen LogP) is 2.59. The summed E-state index contributed by atoms with van der Waals surface area (Å²) in [5.74, 6) is 0.0195. The van der Waals surface area contributed by atoms with Crippen molar-refractivity contribution in [3.05, 3.63) is 23.8 Å². The molecule has 4 nitrogen and oxygen atoms in total. The second-order valence-electron chi connectivity index (χ2n) is 3.17. The van der Waals surface area contributed by atoms with Crippen molar-refractivity contribution in [1.82, 2.24) is 0 Å². The first-order chi connectivity index (χ1) is 7.82. The Bertz CT molecular complexity index is 419. The molecule has 0 fully saturated rings. The van der Waals surface area contributed by atoms with E-state index in [0.29, 0.717) is 0 Å². The average molecular weight is 248 g/mol. The minimum absolute atomic E-state index is 0.0195. The van der Waals surface area contributed by atoms with Gasteiger partial charge >= 0.3 is 12.2 Å². The molecule has 0 aliphatic heterocycles. The first-order valence-electron chi connectivity index (χ1n) is 4.74. The molecule has 0 aromatic heterocycles. The van der Waals surface area contributed by atoms with E-state index in [2.05, 4.69) is 5.32 Å². The van der Waals surface area contributed by atoms with Gasteiger partial charge in [-0.2, -0.15) is 13.2 Å². The molecule has 2 amide bonds. The van der Waals surface area contributed by atoms with Crippen LogP contribution in [-0.2, 0) is 6.18 Å². The minimum atomic E-state index is -4.51. The molecule has 0 atom stereocenters. The number of nitrogens with one attached hydrogen (secondary N) is 1. The monoisotopic (exact) mass is 248 g/mol. The Morgan fingerprint density at radius 1 is 1.41 bits per heavy atom. The van der Waals surface area contributed by atoms with Crippen LogP contribution in [-0.4, -0.2) is 12.6 Å². The quantitative estimate of drug-likeness (QED) is 0.863.